The second-order valence-electron chi connectivity index (χ2n) is 4.97. The average Bonchev–Trinajstić information content (AvgIpc) is 2.34. The van der Waals surface area contributed by atoms with Crippen molar-refractivity contribution in [1.82, 2.24) is 9.80 Å². The van der Waals surface area contributed by atoms with Crippen LogP contribution >= 0.6 is 0 Å². The number of amides is 1. The number of rotatable bonds is 2. The Balaban J connectivity index is 2.00. The van der Waals surface area contributed by atoms with Gasteiger partial charge in [0.2, 0.25) is 0 Å². The molecule has 0 spiro atoms. The van der Waals surface area contributed by atoms with Crippen LogP contribution in [0.4, 0.5) is 4.79 Å². The van der Waals surface area contributed by atoms with E-state index in [2.05, 4.69) is 36.9 Å². The largest absolute Gasteiger partial charge is 0.465 e. The van der Waals surface area contributed by atoms with Crippen LogP contribution in [0.15, 0.2) is 24.3 Å². The van der Waals surface area contributed by atoms with E-state index in [0.29, 0.717) is 13.1 Å². The summed E-state index contributed by atoms with van der Waals surface area (Å²) < 4.78 is 0. The van der Waals surface area contributed by atoms with E-state index in [0.717, 1.165) is 13.1 Å². The molecular formula is C14H20N2O2. The normalized spacial score (nSPS) is 21.0. The molecule has 1 aliphatic heterocycles. The number of hydrogen-bond acceptors (Lipinski definition) is 2. The molecular weight excluding hydrogens is 228 g/mol. The van der Waals surface area contributed by atoms with E-state index in [-0.39, 0.29) is 6.04 Å². The minimum atomic E-state index is -0.808. The highest BCUT2D eigenvalue weighted by molar-refractivity contribution is 5.65. The van der Waals surface area contributed by atoms with Crippen LogP contribution in [0.3, 0.4) is 0 Å². The van der Waals surface area contributed by atoms with Gasteiger partial charge in [0.1, 0.15) is 0 Å². The average molecular weight is 248 g/mol. The maximum Gasteiger partial charge on any atom is 0.407 e. The lowest BCUT2D eigenvalue weighted by molar-refractivity contribution is 0.0711. The van der Waals surface area contributed by atoms with E-state index in [1.165, 1.54) is 16.0 Å². The van der Waals surface area contributed by atoms with Gasteiger partial charge in [-0.15, -0.1) is 0 Å². The van der Waals surface area contributed by atoms with Crippen molar-refractivity contribution in [2.75, 3.05) is 19.6 Å². The van der Waals surface area contributed by atoms with E-state index >= 15 is 0 Å². The molecule has 1 amide bonds. The van der Waals surface area contributed by atoms with Gasteiger partial charge in [0.15, 0.2) is 0 Å². The van der Waals surface area contributed by atoms with Gasteiger partial charge < -0.3 is 10.0 Å². The van der Waals surface area contributed by atoms with E-state index in [1.807, 2.05) is 6.07 Å². The van der Waals surface area contributed by atoms with E-state index in [1.54, 1.807) is 0 Å². The van der Waals surface area contributed by atoms with Crippen LogP contribution in [0.1, 0.15) is 18.1 Å². The Morgan fingerprint density at radius 1 is 1.39 bits per heavy atom. The van der Waals surface area contributed by atoms with Gasteiger partial charge in [0.25, 0.3) is 0 Å². The molecule has 4 heteroatoms. The summed E-state index contributed by atoms with van der Waals surface area (Å²) in [7, 11) is 0. The van der Waals surface area contributed by atoms with Gasteiger partial charge in [-0.2, -0.15) is 0 Å². The first-order valence-corrected chi connectivity index (χ1v) is 6.34. The standard InChI is InChI=1S/C14H20N2O2/c1-11-5-3-4-6-13(11)10-15-7-8-16(14(17)18)9-12(15)2/h3-6,12H,7-10H2,1-2H3,(H,17,18)/t12-/m1/s1. The number of aryl methyl sites for hydroxylation is 1. The van der Waals surface area contributed by atoms with Gasteiger partial charge in [-0.1, -0.05) is 24.3 Å². The Labute approximate surface area is 108 Å². The molecule has 18 heavy (non-hydrogen) atoms. The highest BCUT2D eigenvalue weighted by atomic mass is 16.4. The third kappa shape index (κ3) is 2.82. The number of hydrogen-bond donors (Lipinski definition) is 1. The number of piperazine rings is 1. The first-order chi connectivity index (χ1) is 8.58. The Kier molecular flexibility index (Phi) is 3.87. The highest BCUT2D eigenvalue weighted by Crippen LogP contribution is 2.16. The summed E-state index contributed by atoms with van der Waals surface area (Å²) in [4.78, 5) is 14.8. The molecule has 0 aliphatic carbocycles. The zero-order valence-electron chi connectivity index (χ0n) is 11.0. The van der Waals surface area contributed by atoms with Gasteiger partial charge in [-0.25, -0.2) is 4.79 Å². The minimum Gasteiger partial charge on any atom is -0.465 e. The van der Waals surface area contributed by atoms with Crippen molar-refractivity contribution in [2.24, 2.45) is 0 Å². The SMILES string of the molecule is Cc1ccccc1CN1CCN(C(=O)O)C[C@H]1C. The summed E-state index contributed by atoms with van der Waals surface area (Å²) in [5.74, 6) is 0. The quantitative estimate of drug-likeness (QED) is 0.872. The van der Waals surface area contributed by atoms with Crippen molar-refractivity contribution in [3.63, 3.8) is 0 Å². The number of benzene rings is 1. The molecule has 1 aromatic carbocycles. The van der Waals surface area contributed by atoms with Crippen LogP contribution < -0.4 is 0 Å². The fraction of sp³-hybridized carbons (Fsp3) is 0.500. The topological polar surface area (TPSA) is 43.8 Å². The molecule has 0 aromatic heterocycles. The molecule has 2 rings (SSSR count). The van der Waals surface area contributed by atoms with E-state index in [9.17, 15) is 4.79 Å². The molecule has 1 aromatic rings. The maximum absolute atomic E-state index is 10.9. The van der Waals surface area contributed by atoms with Gasteiger partial charge in [-0.3, -0.25) is 4.90 Å². The molecule has 1 fully saturated rings. The summed E-state index contributed by atoms with van der Waals surface area (Å²) in [5, 5.41) is 8.98. The second kappa shape index (κ2) is 5.40. The molecule has 4 nitrogen and oxygen atoms in total. The van der Waals surface area contributed by atoms with Crippen LogP contribution in [0.5, 0.6) is 0 Å². The summed E-state index contributed by atoms with van der Waals surface area (Å²) in [5.41, 5.74) is 2.62. The third-order valence-electron chi connectivity index (χ3n) is 3.67. The maximum atomic E-state index is 10.9. The number of nitrogens with zero attached hydrogens (tertiary/aromatic N) is 2. The van der Waals surface area contributed by atoms with Crippen LogP contribution in [-0.4, -0.2) is 46.7 Å². The highest BCUT2D eigenvalue weighted by Gasteiger charge is 2.26. The lowest BCUT2D eigenvalue weighted by atomic mass is 10.1. The summed E-state index contributed by atoms with van der Waals surface area (Å²) in [6.07, 6.45) is -0.808. The van der Waals surface area contributed by atoms with Crippen molar-refractivity contribution in [3.8, 4) is 0 Å². The molecule has 98 valence electrons. The Hall–Kier alpha value is -1.55. The fourth-order valence-electron chi connectivity index (χ4n) is 2.41. The van der Waals surface area contributed by atoms with Crippen LogP contribution in [0.2, 0.25) is 0 Å². The lowest BCUT2D eigenvalue weighted by Crippen LogP contribution is -2.52. The first-order valence-electron chi connectivity index (χ1n) is 6.34. The molecule has 1 N–H and O–H groups in total. The molecule has 1 heterocycles. The fourth-order valence-corrected chi connectivity index (χ4v) is 2.41. The van der Waals surface area contributed by atoms with Gasteiger partial charge in [-0.05, 0) is 25.0 Å². The monoisotopic (exact) mass is 248 g/mol. The van der Waals surface area contributed by atoms with Gasteiger partial charge in [0, 0.05) is 32.2 Å². The molecule has 0 bridgehead atoms. The molecule has 0 radical (unpaired) electrons. The van der Waals surface area contributed by atoms with Crippen molar-refractivity contribution < 1.29 is 9.90 Å². The first kappa shape index (κ1) is 12.9. The molecule has 0 saturated carbocycles. The summed E-state index contributed by atoms with van der Waals surface area (Å²) in [6.45, 7) is 7.12. The Bertz CT molecular complexity index is 434. The van der Waals surface area contributed by atoms with Crippen LogP contribution in [0.25, 0.3) is 0 Å². The zero-order chi connectivity index (χ0) is 13.1. The van der Waals surface area contributed by atoms with Crippen LogP contribution in [0, 0.1) is 6.92 Å². The third-order valence-corrected chi connectivity index (χ3v) is 3.67. The lowest BCUT2D eigenvalue weighted by Gasteiger charge is -2.38. The van der Waals surface area contributed by atoms with Gasteiger partial charge in [0.05, 0.1) is 0 Å². The molecule has 0 unspecified atom stereocenters. The van der Waals surface area contributed by atoms with E-state index < -0.39 is 6.09 Å². The zero-order valence-corrected chi connectivity index (χ0v) is 11.0. The summed E-state index contributed by atoms with van der Waals surface area (Å²) >= 11 is 0. The number of carbonyl (C=O) groups is 1. The van der Waals surface area contributed by atoms with Crippen molar-refractivity contribution >= 4 is 6.09 Å². The van der Waals surface area contributed by atoms with Crippen LogP contribution in [-0.2, 0) is 6.54 Å². The molecule has 1 aliphatic rings. The summed E-state index contributed by atoms with van der Waals surface area (Å²) in [6, 6.07) is 8.64. The second-order valence-corrected chi connectivity index (χ2v) is 4.97. The minimum absolute atomic E-state index is 0.273. The molecule has 1 saturated heterocycles. The number of carboxylic acid groups (broad SMARTS) is 1. The van der Waals surface area contributed by atoms with Crippen molar-refractivity contribution in [1.29, 1.82) is 0 Å². The predicted octanol–water partition coefficient (Wildman–Crippen LogP) is 2.18. The Morgan fingerprint density at radius 3 is 2.72 bits per heavy atom. The van der Waals surface area contributed by atoms with Crippen molar-refractivity contribution in [3.05, 3.63) is 35.4 Å². The smallest absolute Gasteiger partial charge is 0.407 e. The van der Waals surface area contributed by atoms with Crippen molar-refractivity contribution in [2.45, 2.75) is 26.4 Å². The Morgan fingerprint density at radius 2 is 2.11 bits per heavy atom. The molecule has 1 atom stereocenters. The predicted molar refractivity (Wildman–Crippen MR) is 70.6 cm³/mol. The van der Waals surface area contributed by atoms with Gasteiger partial charge >= 0.3 is 6.09 Å². The van der Waals surface area contributed by atoms with E-state index in [4.69, 9.17) is 5.11 Å².